The lowest BCUT2D eigenvalue weighted by Gasteiger charge is -2.23. The van der Waals surface area contributed by atoms with Crippen LogP contribution in [0, 0.1) is 6.92 Å². The van der Waals surface area contributed by atoms with Gasteiger partial charge in [-0.2, -0.15) is 0 Å². The van der Waals surface area contributed by atoms with Crippen LogP contribution < -0.4 is 10.2 Å². The summed E-state index contributed by atoms with van der Waals surface area (Å²) in [7, 11) is 0. The molecule has 1 N–H and O–H groups in total. The van der Waals surface area contributed by atoms with Crippen molar-refractivity contribution in [2.75, 3.05) is 4.90 Å². The number of hydrogen-bond acceptors (Lipinski definition) is 2. The Morgan fingerprint density at radius 2 is 1.69 bits per heavy atom. The summed E-state index contributed by atoms with van der Waals surface area (Å²) in [5.41, 5.74) is 5.53. The van der Waals surface area contributed by atoms with E-state index < -0.39 is 0 Å². The molecule has 1 aliphatic rings. The van der Waals surface area contributed by atoms with Crippen molar-refractivity contribution in [2.45, 2.75) is 32.9 Å². The van der Waals surface area contributed by atoms with Crippen LogP contribution in [0.15, 0.2) is 72.8 Å². The minimum Gasteiger partial charge on any atom is -0.348 e. The summed E-state index contributed by atoms with van der Waals surface area (Å²) in [6.07, 6.45) is 0.837. The minimum absolute atomic E-state index is 0.0118. The van der Waals surface area contributed by atoms with E-state index in [2.05, 4.69) is 18.3 Å². The van der Waals surface area contributed by atoms with E-state index in [0.717, 1.165) is 28.8 Å². The van der Waals surface area contributed by atoms with E-state index in [1.807, 2.05) is 78.6 Å². The summed E-state index contributed by atoms with van der Waals surface area (Å²) >= 11 is 0. The number of aryl methyl sites for hydroxylation is 1. The fraction of sp³-hybridized carbons (Fsp3) is 0.200. The van der Waals surface area contributed by atoms with E-state index in [9.17, 15) is 9.59 Å². The molecule has 4 rings (SSSR count). The molecule has 0 aliphatic carbocycles. The number of anilines is 1. The van der Waals surface area contributed by atoms with Crippen LogP contribution in [0.5, 0.6) is 0 Å². The second-order valence-electron chi connectivity index (χ2n) is 7.61. The number of carbonyl (C=O) groups is 2. The highest BCUT2D eigenvalue weighted by molar-refractivity contribution is 6.07. The number of fused-ring (bicyclic) bond motifs is 1. The average molecular weight is 384 g/mol. The summed E-state index contributed by atoms with van der Waals surface area (Å²) in [6.45, 7) is 4.48. The number of amides is 2. The maximum Gasteiger partial charge on any atom is 0.258 e. The number of nitrogens with one attached hydrogen (secondary N) is 1. The van der Waals surface area contributed by atoms with Gasteiger partial charge in [-0.15, -0.1) is 0 Å². The molecule has 0 radical (unpaired) electrons. The van der Waals surface area contributed by atoms with E-state index in [1.54, 1.807) is 0 Å². The predicted molar refractivity (Wildman–Crippen MR) is 115 cm³/mol. The molecule has 1 aliphatic heterocycles. The molecule has 3 aromatic carbocycles. The van der Waals surface area contributed by atoms with Crippen molar-refractivity contribution in [3.8, 4) is 0 Å². The molecule has 0 unspecified atom stereocenters. The molecule has 3 aromatic rings. The highest BCUT2D eigenvalue weighted by Crippen LogP contribution is 2.34. The Morgan fingerprint density at radius 3 is 2.41 bits per heavy atom. The molecule has 4 nitrogen and oxygen atoms in total. The zero-order valence-electron chi connectivity index (χ0n) is 16.7. The molecule has 0 spiro atoms. The first-order valence-electron chi connectivity index (χ1n) is 9.88. The molecular formula is C25H24N2O2. The Balaban J connectivity index is 1.52. The SMILES string of the molecule is Cc1ccc(C(=O)NCc2ccc3c(c2)N(C(=O)c2ccccc2)[C@@H](C)C3)cc1. The van der Waals surface area contributed by atoms with Crippen molar-refractivity contribution in [3.63, 3.8) is 0 Å². The van der Waals surface area contributed by atoms with Gasteiger partial charge in [0.1, 0.15) is 0 Å². The first-order valence-corrected chi connectivity index (χ1v) is 9.88. The third-order valence-electron chi connectivity index (χ3n) is 5.37. The van der Waals surface area contributed by atoms with E-state index >= 15 is 0 Å². The summed E-state index contributed by atoms with van der Waals surface area (Å²) in [4.78, 5) is 27.3. The normalized spacial score (nSPS) is 15.1. The lowest BCUT2D eigenvalue weighted by molar-refractivity contribution is 0.0948. The Labute approximate surface area is 171 Å². The van der Waals surface area contributed by atoms with Crippen LogP contribution in [0.3, 0.4) is 0 Å². The minimum atomic E-state index is -0.101. The second kappa shape index (κ2) is 7.92. The number of rotatable bonds is 4. The first kappa shape index (κ1) is 18.9. The molecule has 0 bridgehead atoms. The third kappa shape index (κ3) is 3.92. The standard InChI is InChI=1S/C25H24N2O2/c1-17-8-11-20(12-9-17)24(28)26-16-19-10-13-22-14-18(2)27(23(22)15-19)25(29)21-6-4-3-5-7-21/h3-13,15,18H,14,16H2,1-2H3,(H,26,28)/t18-/m0/s1. The monoisotopic (exact) mass is 384 g/mol. The van der Waals surface area contributed by atoms with Crippen LogP contribution in [-0.2, 0) is 13.0 Å². The number of benzene rings is 3. The summed E-state index contributed by atoms with van der Waals surface area (Å²) in [5, 5.41) is 2.97. The second-order valence-corrected chi connectivity index (χ2v) is 7.61. The van der Waals surface area contributed by atoms with Crippen molar-refractivity contribution < 1.29 is 9.59 Å². The summed E-state index contributed by atoms with van der Waals surface area (Å²) < 4.78 is 0. The van der Waals surface area contributed by atoms with Gasteiger partial charge in [0, 0.05) is 29.4 Å². The van der Waals surface area contributed by atoms with Crippen LogP contribution >= 0.6 is 0 Å². The maximum absolute atomic E-state index is 13.1. The van der Waals surface area contributed by atoms with E-state index in [4.69, 9.17) is 0 Å². The fourth-order valence-electron chi connectivity index (χ4n) is 3.78. The van der Waals surface area contributed by atoms with Crippen LogP contribution in [0.25, 0.3) is 0 Å². The maximum atomic E-state index is 13.1. The molecule has 0 saturated carbocycles. The van der Waals surface area contributed by atoms with Crippen molar-refractivity contribution in [3.05, 3.63) is 101 Å². The summed E-state index contributed by atoms with van der Waals surface area (Å²) in [6, 6.07) is 23.1. The molecule has 146 valence electrons. The molecule has 1 atom stereocenters. The molecule has 0 saturated heterocycles. The van der Waals surface area contributed by atoms with Crippen molar-refractivity contribution in [1.82, 2.24) is 5.32 Å². The highest BCUT2D eigenvalue weighted by Gasteiger charge is 2.31. The quantitative estimate of drug-likeness (QED) is 0.719. The predicted octanol–water partition coefficient (Wildman–Crippen LogP) is 4.52. The van der Waals surface area contributed by atoms with Gasteiger partial charge in [-0.3, -0.25) is 9.59 Å². The largest absolute Gasteiger partial charge is 0.348 e. The van der Waals surface area contributed by atoms with Gasteiger partial charge in [0.15, 0.2) is 0 Å². The zero-order chi connectivity index (χ0) is 20.4. The lowest BCUT2D eigenvalue weighted by Crippen LogP contribution is -2.35. The summed E-state index contributed by atoms with van der Waals surface area (Å²) in [5.74, 6) is -0.0891. The van der Waals surface area contributed by atoms with Crippen molar-refractivity contribution >= 4 is 17.5 Å². The Hall–Kier alpha value is -3.40. The zero-order valence-corrected chi connectivity index (χ0v) is 16.7. The highest BCUT2D eigenvalue weighted by atomic mass is 16.2. The van der Waals surface area contributed by atoms with Gasteiger partial charge in [0.05, 0.1) is 0 Å². The van der Waals surface area contributed by atoms with Crippen molar-refractivity contribution in [1.29, 1.82) is 0 Å². The average Bonchev–Trinajstić information content (AvgIpc) is 3.07. The molecule has 29 heavy (non-hydrogen) atoms. The van der Waals surface area contributed by atoms with Gasteiger partial charge in [0.2, 0.25) is 0 Å². The van der Waals surface area contributed by atoms with E-state index in [0.29, 0.717) is 17.7 Å². The Morgan fingerprint density at radius 1 is 0.966 bits per heavy atom. The number of nitrogens with zero attached hydrogens (tertiary/aromatic N) is 1. The van der Waals surface area contributed by atoms with Gasteiger partial charge in [-0.1, -0.05) is 48.0 Å². The van der Waals surface area contributed by atoms with Crippen LogP contribution in [0.2, 0.25) is 0 Å². The molecular weight excluding hydrogens is 360 g/mol. The van der Waals surface area contributed by atoms with Crippen LogP contribution in [0.4, 0.5) is 5.69 Å². The van der Waals surface area contributed by atoms with Crippen LogP contribution in [-0.4, -0.2) is 17.9 Å². The van der Waals surface area contributed by atoms with Crippen molar-refractivity contribution in [2.24, 2.45) is 0 Å². The number of hydrogen-bond donors (Lipinski definition) is 1. The van der Waals surface area contributed by atoms with Gasteiger partial charge in [-0.05, 0) is 61.7 Å². The Bertz CT molecular complexity index is 1040. The molecule has 4 heteroatoms. The van der Waals surface area contributed by atoms with E-state index in [1.165, 1.54) is 0 Å². The van der Waals surface area contributed by atoms with Gasteiger partial charge >= 0.3 is 0 Å². The molecule has 0 aromatic heterocycles. The smallest absolute Gasteiger partial charge is 0.258 e. The molecule has 2 amide bonds. The number of carbonyl (C=O) groups excluding carboxylic acids is 2. The van der Waals surface area contributed by atoms with Gasteiger partial charge in [-0.25, -0.2) is 0 Å². The third-order valence-corrected chi connectivity index (χ3v) is 5.37. The van der Waals surface area contributed by atoms with Gasteiger partial charge < -0.3 is 10.2 Å². The fourth-order valence-corrected chi connectivity index (χ4v) is 3.78. The van der Waals surface area contributed by atoms with Crippen LogP contribution in [0.1, 0.15) is 44.3 Å². The first-order chi connectivity index (χ1) is 14.0. The van der Waals surface area contributed by atoms with Gasteiger partial charge in [0.25, 0.3) is 11.8 Å². The Kier molecular flexibility index (Phi) is 5.17. The molecule has 1 heterocycles. The topological polar surface area (TPSA) is 49.4 Å². The lowest BCUT2D eigenvalue weighted by atomic mass is 10.1. The van der Waals surface area contributed by atoms with E-state index in [-0.39, 0.29) is 17.9 Å². The molecule has 0 fully saturated rings.